The molecule has 0 fully saturated rings. The highest BCUT2D eigenvalue weighted by Crippen LogP contribution is 2.19. The number of carboxylic acid groups (broad SMARTS) is 1. The molecule has 0 spiro atoms. The van der Waals surface area contributed by atoms with E-state index in [4.69, 9.17) is 5.11 Å². The monoisotopic (exact) mass is 323 g/mol. The number of para-hydroxylation sites is 1. The molecule has 0 bridgehead atoms. The Morgan fingerprint density at radius 1 is 1.37 bits per heavy atom. The van der Waals surface area contributed by atoms with Crippen molar-refractivity contribution in [3.8, 4) is 0 Å². The molecule has 2 aromatic rings. The van der Waals surface area contributed by atoms with Crippen molar-refractivity contribution in [1.82, 2.24) is 9.78 Å². The van der Waals surface area contributed by atoms with Gasteiger partial charge in [0.25, 0.3) is 5.91 Å². The van der Waals surface area contributed by atoms with Crippen LogP contribution in [0.2, 0.25) is 0 Å². The van der Waals surface area contributed by atoms with Gasteiger partial charge >= 0.3 is 5.97 Å². The molecule has 2 rings (SSSR count). The third-order valence-electron chi connectivity index (χ3n) is 2.40. The number of nitrogens with one attached hydrogen (secondary N) is 1. The van der Waals surface area contributed by atoms with Gasteiger partial charge in [-0.3, -0.25) is 9.48 Å². The molecule has 0 saturated heterocycles. The highest BCUT2D eigenvalue weighted by molar-refractivity contribution is 9.10. The largest absolute Gasteiger partial charge is 0.478 e. The summed E-state index contributed by atoms with van der Waals surface area (Å²) in [5, 5.41) is 15.6. The Kier molecular flexibility index (Phi) is 3.66. The minimum Gasteiger partial charge on any atom is -0.478 e. The highest BCUT2D eigenvalue weighted by atomic mass is 79.9. The van der Waals surface area contributed by atoms with Gasteiger partial charge in [0, 0.05) is 13.2 Å². The molecule has 1 heterocycles. The molecule has 2 N–H and O–H groups in total. The lowest BCUT2D eigenvalue weighted by Crippen LogP contribution is -2.16. The van der Waals surface area contributed by atoms with Gasteiger partial charge < -0.3 is 10.4 Å². The Labute approximate surface area is 117 Å². The standard InChI is InChI=1S/C12H10BrN3O3/c1-16-6-8(13)10(15-16)11(17)14-9-5-3-2-4-7(9)12(18)19/h2-6H,1H3,(H,14,17)(H,18,19). The molecule has 0 unspecified atom stereocenters. The zero-order valence-electron chi connectivity index (χ0n) is 9.92. The minimum absolute atomic E-state index is 0.0305. The number of hydrogen-bond acceptors (Lipinski definition) is 3. The zero-order chi connectivity index (χ0) is 14.0. The Morgan fingerprint density at radius 2 is 2.05 bits per heavy atom. The lowest BCUT2D eigenvalue weighted by molar-refractivity contribution is 0.0698. The second-order valence-electron chi connectivity index (χ2n) is 3.80. The lowest BCUT2D eigenvalue weighted by atomic mass is 10.2. The number of rotatable bonds is 3. The number of amides is 1. The third kappa shape index (κ3) is 2.82. The van der Waals surface area contributed by atoms with Crippen LogP contribution in [0.4, 0.5) is 5.69 Å². The summed E-state index contributed by atoms with van der Waals surface area (Å²) < 4.78 is 2.03. The van der Waals surface area contributed by atoms with Gasteiger partial charge in [-0.1, -0.05) is 12.1 Å². The van der Waals surface area contributed by atoms with Crippen molar-refractivity contribution in [2.75, 3.05) is 5.32 Å². The average molecular weight is 324 g/mol. The number of anilines is 1. The number of carboxylic acids is 1. The maximum Gasteiger partial charge on any atom is 0.337 e. The average Bonchev–Trinajstić information content (AvgIpc) is 2.69. The van der Waals surface area contributed by atoms with E-state index >= 15 is 0 Å². The van der Waals surface area contributed by atoms with E-state index in [9.17, 15) is 9.59 Å². The fourth-order valence-corrected chi connectivity index (χ4v) is 2.13. The minimum atomic E-state index is -1.10. The van der Waals surface area contributed by atoms with Crippen LogP contribution in [-0.2, 0) is 7.05 Å². The third-order valence-corrected chi connectivity index (χ3v) is 2.99. The van der Waals surface area contributed by atoms with Gasteiger partial charge in [-0.2, -0.15) is 5.10 Å². The summed E-state index contributed by atoms with van der Waals surface area (Å²) in [6.07, 6.45) is 1.64. The molecule has 0 atom stereocenters. The van der Waals surface area contributed by atoms with Crippen LogP contribution in [0.15, 0.2) is 34.9 Å². The number of carbonyl (C=O) groups is 2. The number of aryl methyl sites for hydroxylation is 1. The van der Waals surface area contributed by atoms with Crippen LogP contribution in [0.1, 0.15) is 20.8 Å². The van der Waals surface area contributed by atoms with Gasteiger partial charge in [-0.15, -0.1) is 0 Å². The quantitative estimate of drug-likeness (QED) is 0.906. The van der Waals surface area contributed by atoms with Crippen molar-refractivity contribution < 1.29 is 14.7 Å². The van der Waals surface area contributed by atoms with E-state index < -0.39 is 11.9 Å². The van der Waals surface area contributed by atoms with Gasteiger partial charge in [0.05, 0.1) is 15.7 Å². The second-order valence-corrected chi connectivity index (χ2v) is 4.66. The number of halogens is 1. The second kappa shape index (κ2) is 5.23. The summed E-state index contributed by atoms with van der Waals surface area (Å²) in [5.41, 5.74) is 0.461. The normalized spacial score (nSPS) is 10.2. The van der Waals surface area contributed by atoms with Crippen LogP contribution in [0.5, 0.6) is 0 Å². The highest BCUT2D eigenvalue weighted by Gasteiger charge is 2.17. The maximum atomic E-state index is 12.0. The van der Waals surface area contributed by atoms with E-state index in [0.717, 1.165) is 0 Å². The van der Waals surface area contributed by atoms with Crippen molar-refractivity contribution in [2.24, 2.45) is 7.05 Å². The molecule has 98 valence electrons. The van der Waals surface area contributed by atoms with Crippen molar-refractivity contribution in [3.63, 3.8) is 0 Å². The molecule has 6 nitrogen and oxygen atoms in total. The van der Waals surface area contributed by atoms with E-state index in [1.54, 1.807) is 25.4 Å². The molecular formula is C12H10BrN3O3. The molecule has 1 aromatic carbocycles. The predicted octanol–water partition coefficient (Wildman–Crippen LogP) is 2.13. The smallest absolute Gasteiger partial charge is 0.337 e. The summed E-state index contributed by atoms with van der Waals surface area (Å²) in [5.74, 6) is -1.57. The molecule has 1 aromatic heterocycles. The molecule has 0 aliphatic heterocycles. The van der Waals surface area contributed by atoms with Gasteiger partial charge in [-0.05, 0) is 28.1 Å². The zero-order valence-corrected chi connectivity index (χ0v) is 11.5. The summed E-state index contributed by atoms with van der Waals surface area (Å²) in [4.78, 5) is 23.0. The van der Waals surface area contributed by atoms with Crippen LogP contribution >= 0.6 is 15.9 Å². The Balaban J connectivity index is 2.29. The Morgan fingerprint density at radius 3 is 2.63 bits per heavy atom. The van der Waals surface area contributed by atoms with Gasteiger partial charge in [-0.25, -0.2) is 4.79 Å². The number of aromatic carboxylic acids is 1. The van der Waals surface area contributed by atoms with Crippen LogP contribution in [-0.4, -0.2) is 26.8 Å². The van der Waals surface area contributed by atoms with Crippen molar-refractivity contribution >= 4 is 33.5 Å². The first kappa shape index (κ1) is 13.3. The molecule has 19 heavy (non-hydrogen) atoms. The Bertz CT molecular complexity index is 651. The van der Waals surface area contributed by atoms with Gasteiger partial charge in [0.15, 0.2) is 5.69 Å². The molecular weight excluding hydrogens is 314 g/mol. The summed E-state index contributed by atoms with van der Waals surface area (Å²) in [6.45, 7) is 0. The van der Waals surface area contributed by atoms with Gasteiger partial charge in [0.1, 0.15) is 0 Å². The summed E-state index contributed by atoms with van der Waals surface area (Å²) >= 11 is 3.22. The first-order valence-corrected chi connectivity index (χ1v) is 6.11. The SMILES string of the molecule is Cn1cc(Br)c(C(=O)Nc2ccccc2C(=O)O)n1. The van der Waals surface area contributed by atoms with Crippen LogP contribution in [0.3, 0.4) is 0 Å². The van der Waals surface area contributed by atoms with Crippen LogP contribution in [0, 0.1) is 0 Å². The van der Waals surface area contributed by atoms with E-state index in [0.29, 0.717) is 4.47 Å². The number of aromatic nitrogens is 2. The lowest BCUT2D eigenvalue weighted by Gasteiger charge is -2.06. The number of benzene rings is 1. The Hall–Kier alpha value is -2.15. The van der Waals surface area contributed by atoms with Crippen molar-refractivity contribution in [3.05, 3.63) is 46.2 Å². The van der Waals surface area contributed by atoms with E-state index in [-0.39, 0.29) is 16.9 Å². The molecule has 0 saturated carbocycles. The van der Waals surface area contributed by atoms with Crippen LogP contribution < -0.4 is 5.32 Å². The molecule has 7 heteroatoms. The fraction of sp³-hybridized carbons (Fsp3) is 0.0833. The first-order valence-electron chi connectivity index (χ1n) is 5.32. The number of nitrogens with zero attached hydrogens (tertiary/aromatic N) is 2. The predicted molar refractivity (Wildman–Crippen MR) is 72.3 cm³/mol. The van der Waals surface area contributed by atoms with E-state index in [1.165, 1.54) is 16.8 Å². The molecule has 1 amide bonds. The maximum absolute atomic E-state index is 12.0. The molecule has 0 radical (unpaired) electrons. The first-order chi connectivity index (χ1) is 8.99. The number of hydrogen-bond donors (Lipinski definition) is 2. The molecule has 0 aliphatic rings. The number of carbonyl (C=O) groups excluding carboxylic acids is 1. The molecule has 0 aliphatic carbocycles. The summed E-state index contributed by atoms with van der Waals surface area (Å²) in [6, 6.07) is 6.19. The summed E-state index contributed by atoms with van der Waals surface area (Å²) in [7, 11) is 1.69. The topological polar surface area (TPSA) is 84.2 Å². The van der Waals surface area contributed by atoms with Crippen molar-refractivity contribution in [2.45, 2.75) is 0 Å². The van der Waals surface area contributed by atoms with Gasteiger partial charge in [0.2, 0.25) is 0 Å². The van der Waals surface area contributed by atoms with Crippen molar-refractivity contribution in [1.29, 1.82) is 0 Å². The van der Waals surface area contributed by atoms with E-state index in [1.807, 2.05) is 0 Å². The van der Waals surface area contributed by atoms with Crippen LogP contribution in [0.25, 0.3) is 0 Å². The van der Waals surface area contributed by atoms with E-state index in [2.05, 4.69) is 26.3 Å². The fourth-order valence-electron chi connectivity index (χ4n) is 1.57.